The summed E-state index contributed by atoms with van der Waals surface area (Å²) in [5, 5.41) is 5.67. The Morgan fingerprint density at radius 2 is 1.61 bits per heavy atom. The maximum absolute atomic E-state index is 11.8. The van der Waals surface area contributed by atoms with Gasteiger partial charge >= 0.3 is 0 Å². The Kier molecular flexibility index (Phi) is 7.46. The summed E-state index contributed by atoms with van der Waals surface area (Å²) in [6.07, 6.45) is 1.39. The van der Waals surface area contributed by atoms with Crippen molar-refractivity contribution in [2.75, 3.05) is 31.5 Å². The second-order valence-corrected chi connectivity index (χ2v) is 8.84. The number of benzene rings is 2. The summed E-state index contributed by atoms with van der Waals surface area (Å²) in [6, 6.07) is 21.9. The molecule has 31 heavy (non-hydrogen) atoms. The van der Waals surface area contributed by atoms with Crippen LogP contribution in [0.2, 0.25) is 0 Å². The number of nitrogens with zero attached hydrogens (tertiary/aromatic N) is 3. The van der Waals surface area contributed by atoms with Gasteiger partial charge in [-0.15, -0.1) is 11.3 Å². The highest BCUT2D eigenvalue weighted by Gasteiger charge is 2.26. The fraction of sp³-hybridized carbons (Fsp3) is 0.360. The van der Waals surface area contributed by atoms with E-state index in [-0.39, 0.29) is 11.9 Å². The molecule has 1 N–H and O–H groups in total. The second kappa shape index (κ2) is 10.7. The van der Waals surface area contributed by atoms with E-state index in [2.05, 4.69) is 86.1 Å². The molecule has 0 atom stereocenters. The topological polar surface area (TPSA) is 48.5 Å². The van der Waals surface area contributed by atoms with E-state index in [0.717, 1.165) is 44.8 Å². The number of thiazole rings is 1. The third kappa shape index (κ3) is 5.79. The molecule has 1 fully saturated rings. The molecule has 0 aliphatic carbocycles. The van der Waals surface area contributed by atoms with Gasteiger partial charge in [0.1, 0.15) is 0 Å². The van der Waals surface area contributed by atoms with Gasteiger partial charge in [-0.1, -0.05) is 67.6 Å². The maximum atomic E-state index is 11.8. The van der Waals surface area contributed by atoms with Crippen LogP contribution in [0.5, 0.6) is 0 Å². The van der Waals surface area contributed by atoms with E-state index in [1.165, 1.54) is 22.5 Å². The first-order valence-corrected chi connectivity index (χ1v) is 11.9. The van der Waals surface area contributed by atoms with Gasteiger partial charge in [-0.3, -0.25) is 14.6 Å². The number of nitrogens with one attached hydrogen (secondary N) is 1. The van der Waals surface area contributed by atoms with E-state index in [1.54, 1.807) is 0 Å². The highest BCUT2D eigenvalue weighted by atomic mass is 32.1. The van der Waals surface area contributed by atoms with E-state index in [0.29, 0.717) is 11.6 Å². The van der Waals surface area contributed by atoms with Gasteiger partial charge in [0.2, 0.25) is 5.91 Å². The van der Waals surface area contributed by atoms with Gasteiger partial charge in [-0.2, -0.15) is 0 Å². The molecule has 3 aromatic rings. The first kappa shape index (κ1) is 21.7. The average Bonchev–Trinajstić information content (AvgIpc) is 3.23. The standard InChI is InChI=1S/C25H30N4OS/c1-2-9-23(30)27-25-26-22(19-31-25)18-28-14-16-29(17-15-28)24(20-10-5-3-6-11-20)21-12-7-4-8-13-21/h3-8,10-13,19,24H,2,9,14-18H2,1H3,(H,26,27,30). The van der Waals surface area contributed by atoms with Crippen LogP contribution in [0.3, 0.4) is 0 Å². The number of piperazine rings is 1. The Hall–Kier alpha value is -2.54. The van der Waals surface area contributed by atoms with Gasteiger partial charge in [-0.25, -0.2) is 4.98 Å². The SMILES string of the molecule is CCCC(=O)Nc1nc(CN2CCN(C(c3ccccc3)c3ccccc3)CC2)cs1. The summed E-state index contributed by atoms with van der Waals surface area (Å²) in [6.45, 7) is 6.87. The number of carbonyl (C=O) groups is 1. The predicted molar refractivity (Wildman–Crippen MR) is 127 cm³/mol. The molecule has 0 unspecified atom stereocenters. The highest BCUT2D eigenvalue weighted by molar-refractivity contribution is 7.13. The fourth-order valence-corrected chi connectivity index (χ4v) is 4.86. The smallest absolute Gasteiger partial charge is 0.226 e. The molecule has 1 aromatic heterocycles. The number of aromatic nitrogens is 1. The minimum Gasteiger partial charge on any atom is -0.302 e. The van der Waals surface area contributed by atoms with Crippen molar-refractivity contribution in [3.05, 3.63) is 82.9 Å². The van der Waals surface area contributed by atoms with Gasteiger partial charge in [-0.05, 0) is 17.5 Å². The number of amides is 1. The molecule has 1 aliphatic heterocycles. The van der Waals surface area contributed by atoms with Gasteiger partial charge in [0.25, 0.3) is 0 Å². The van der Waals surface area contributed by atoms with Crippen LogP contribution in [0.4, 0.5) is 5.13 Å². The van der Waals surface area contributed by atoms with Crippen molar-refractivity contribution in [1.29, 1.82) is 0 Å². The fourth-order valence-electron chi connectivity index (χ4n) is 4.14. The average molecular weight is 435 g/mol. The number of hydrogen-bond donors (Lipinski definition) is 1. The molecule has 0 spiro atoms. The summed E-state index contributed by atoms with van der Waals surface area (Å²) < 4.78 is 0. The lowest BCUT2D eigenvalue weighted by molar-refractivity contribution is -0.116. The zero-order valence-corrected chi connectivity index (χ0v) is 18.9. The Morgan fingerprint density at radius 1 is 1.00 bits per heavy atom. The summed E-state index contributed by atoms with van der Waals surface area (Å²) in [5.74, 6) is 0.0462. The lowest BCUT2D eigenvalue weighted by Crippen LogP contribution is -2.47. The highest BCUT2D eigenvalue weighted by Crippen LogP contribution is 2.29. The Balaban J connectivity index is 1.37. The molecule has 2 heterocycles. The van der Waals surface area contributed by atoms with Gasteiger partial charge < -0.3 is 5.32 Å². The van der Waals surface area contributed by atoms with Gasteiger partial charge in [0.15, 0.2) is 5.13 Å². The van der Waals surface area contributed by atoms with Crippen molar-refractivity contribution in [3.63, 3.8) is 0 Å². The lowest BCUT2D eigenvalue weighted by Gasteiger charge is -2.39. The molecule has 0 saturated carbocycles. The lowest BCUT2D eigenvalue weighted by atomic mass is 9.96. The Labute approximate surface area is 188 Å². The molecular formula is C25H30N4OS. The molecule has 0 radical (unpaired) electrons. The van der Waals surface area contributed by atoms with Gasteiger partial charge in [0.05, 0.1) is 11.7 Å². The molecular weight excluding hydrogens is 404 g/mol. The van der Waals surface area contributed by atoms with Crippen molar-refractivity contribution in [2.45, 2.75) is 32.4 Å². The molecule has 4 rings (SSSR count). The van der Waals surface area contributed by atoms with E-state index < -0.39 is 0 Å². The third-order valence-corrected chi connectivity index (χ3v) is 6.47. The molecule has 2 aromatic carbocycles. The van der Waals surface area contributed by atoms with Crippen molar-refractivity contribution in [2.24, 2.45) is 0 Å². The molecule has 6 heteroatoms. The van der Waals surface area contributed by atoms with Gasteiger partial charge in [0, 0.05) is 44.5 Å². The summed E-state index contributed by atoms with van der Waals surface area (Å²) in [7, 11) is 0. The van der Waals surface area contributed by atoms with Crippen LogP contribution in [-0.2, 0) is 11.3 Å². The zero-order chi connectivity index (χ0) is 21.5. The zero-order valence-electron chi connectivity index (χ0n) is 18.0. The van der Waals surface area contributed by atoms with E-state index in [1.807, 2.05) is 6.92 Å². The van der Waals surface area contributed by atoms with E-state index >= 15 is 0 Å². The molecule has 1 saturated heterocycles. The largest absolute Gasteiger partial charge is 0.302 e. The van der Waals surface area contributed by atoms with E-state index in [4.69, 9.17) is 0 Å². The quantitative estimate of drug-likeness (QED) is 0.554. The van der Waals surface area contributed by atoms with Crippen LogP contribution in [0.25, 0.3) is 0 Å². The Bertz CT molecular complexity index is 912. The molecule has 0 bridgehead atoms. The van der Waals surface area contributed by atoms with Crippen molar-refractivity contribution in [3.8, 4) is 0 Å². The Morgan fingerprint density at radius 3 is 2.19 bits per heavy atom. The van der Waals surface area contributed by atoms with Crippen LogP contribution < -0.4 is 5.32 Å². The van der Waals surface area contributed by atoms with Crippen molar-refractivity contribution >= 4 is 22.4 Å². The molecule has 1 aliphatic rings. The normalized spacial score (nSPS) is 15.3. The van der Waals surface area contributed by atoms with Crippen LogP contribution in [0, 0.1) is 0 Å². The number of anilines is 1. The van der Waals surface area contributed by atoms with Crippen molar-refractivity contribution < 1.29 is 4.79 Å². The maximum Gasteiger partial charge on any atom is 0.226 e. The van der Waals surface area contributed by atoms with E-state index in [9.17, 15) is 4.79 Å². The third-order valence-electron chi connectivity index (χ3n) is 5.66. The predicted octanol–water partition coefficient (Wildman–Crippen LogP) is 4.79. The molecule has 1 amide bonds. The minimum atomic E-state index is 0.0462. The first-order valence-electron chi connectivity index (χ1n) is 11.0. The number of hydrogen-bond acceptors (Lipinski definition) is 5. The van der Waals surface area contributed by atoms with Crippen LogP contribution in [0.15, 0.2) is 66.0 Å². The monoisotopic (exact) mass is 434 g/mol. The molecule has 162 valence electrons. The first-order chi connectivity index (χ1) is 15.2. The van der Waals surface area contributed by atoms with Crippen LogP contribution in [0.1, 0.15) is 42.6 Å². The summed E-state index contributed by atoms with van der Waals surface area (Å²) in [4.78, 5) is 21.4. The summed E-state index contributed by atoms with van der Waals surface area (Å²) >= 11 is 1.51. The van der Waals surface area contributed by atoms with Crippen LogP contribution >= 0.6 is 11.3 Å². The number of rotatable bonds is 8. The minimum absolute atomic E-state index is 0.0462. The van der Waals surface area contributed by atoms with Crippen molar-refractivity contribution in [1.82, 2.24) is 14.8 Å². The van der Waals surface area contributed by atoms with Crippen LogP contribution in [-0.4, -0.2) is 46.9 Å². The number of carbonyl (C=O) groups excluding carboxylic acids is 1. The summed E-state index contributed by atoms with van der Waals surface area (Å²) in [5.41, 5.74) is 3.72. The molecule has 5 nitrogen and oxygen atoms in total. The second-order valence-electron chi connectivity index (χ2n) is 7.98.